The van der Waals surface area contributed by atoms with Gasteiger partial charge in [-0.25, -0.2) is 0 Å². The summed E-state index contributed by atoms with van der Waals surface area (Å²) in [6, 6.07) is 22.3. The van der Waals surface area contributed by atoms with Gasteiger partial charge in [-0.15, -0.1) is 0 Å². The molecule has 1 amide bonds. The average Bonchev–Trinajstić information content (AvgIpc) is 2.84. The van der Waals surface area contributed by atoms with E-state index >= 15 is 0 Å². The van der Waals surface area contributed by atoms with Gasteiger partial charge in [0.15, 0.2) is 0 Å². The molecule has 1 aliphatic heterocycles. The van der Waals surface area contributed by atoms with Crippen LogP contribution in [0.15, 0.2) is 60.7 Å². The van der Waals surface area contributed by atoms with Crippen LogP contribution >= 0.6 is 0 Å². The van der Waals surface area contributed by atoms with E-state index in [0.29, 0.717) is 23.7 Å². The highest BCUT2D eigenvalue weighted by atomic mass is 16.2. The number of nitrogens with two attached hydrogens (primary N) is 1. The Morgan fingerprint density at radius 3 is 2.29 bits per heavy atom. The lowest BCUT2D eigenvalue weighted by atomic mass is 9.47. The molecule has 2 aliphatic carbocycles. The highest BCUT2D eigenvalue weighted by Gasteiger charge is 2.57. The Bertz CT molecular complexity index is 1030. The fourth-order valence-corrected chi connectivity index (χ4v) is 8.21. The molecule has 35 heavy (non-hydrogen) atoms. The van der Waals surface area contributed by atoms with Crippen molar-refractivity contribution < 1.29 is 4.79 Å². The summed E-state index contributed by atoms with van der Waals surface area (Å²) in [5, 5.41) is 0. The summed E-state index contributed by atoms with van der Waals surface area (Å²) in [5.74, 6) is 2.19. The van der Waals surface area contributed by atoms with Crippen molar-refractivity contribution in [3.63, 3.8) is 0 Å². The predicted molar refractivity (Wildman–Crippen MR) is 144 cm³/mol. The van der Waals surface area contributed by atoms with E-state index in [0.717, 1.165) is 38.8 Å². The van der Waals surface area contributed by atoms with Gasteiger partial charge in [-0.05, 0) is 78.2 Å². The molecule has 0 spiro atoms. The van der Waals surface area contributed by atoms with E-state index in [-0.39, 0.29) is 22.3 Å². The molecule has 2 saturated carbocycles. The number of hydrogen-bond acceptors (Lipinski definition) is 2. The fourth-order valence-electron chi connectivity index (χ4n) is 8.21. The maximum Gasteiger partial charge on any atom is 0.228 e. The second kappa shape index (κ2) is 9.07. The van der Waals surface area contributed by atoms with Gasteiger partial charge < -0.3 is 10.6 Å². The molecule has 1 heterocycles. The highest BCUT2D eigenvalue weighted by Crippen LogP contribution is 2.60. The van der Waals surface area contributed by atoms with Crippen molar-refractivity contribution in [1.82, 2.24) is 4.90 Å². The van der Waals surface area contributed by atoms with Gasteiger partial charge in [0.05, 0.1) is 0 Å². The van der Waals surface area contributed by atoms with Crippen molar-refractivity contribution in [2.24, 2.45) is 34.3 Å². The smallest absolute Gasteiger partial charge is 0.228 e. The van der Waals surface area contributed by atoms with E-state index < -0.39 is 0 Å². The number of carbonyl (C=O) groups excluding carboxylic acids is 1. The number of hydrogen-bond donors (Lipinski definition) is 1. The number of piperidine rings is 1. The Balaban J connectivity index is 1.48. The highest BCUT2D eigenvalue weighted by molar-refractivity contribution is 5.83. The number of carbonyl (C=O) groups is 1. The summed E-state index contributed by atoms with van der Waals surface area (Å²) in [6.07, 6.45) is 6.36. The predicted octanol–water partition coefficient (Wildman–Crippen LogP) is 6.22. The van der Waals surface area contributed by atoms with Crippen LogP contribution in [0.1, 0.15) is 70.9 Å². The van der Waals surface area contributed by atoms with Gasteiger partial charge in [0, 0.05) is 24.5 Å². The third-order valence-corrected chi connectivity index (χ3v) is 9.96. The van der Waals surface area contributed by atoms with Gasteiger partial charge in [0.1, 0.15) is 0 Å². The molecular weight excluding hydrogens is 428 g/mol. The summed E-state index contributed by atoms with van der Waals surface area (Å²) >= 11 is 0. The SMILES string of the molecule is CC1CC2(c3ccccc3)CC(CC(C)(C(=O)N3CCC(N)C(C)(C)C3)C2)C1Cc1ccccc1. The molecule has 0 radical (unpaired) electrons. The Hall–Kier alpha value is -2.13. The molecule has 2 bridgehead atoms. The molecule has 188 valence electrons. The zero-order valence-electron chi connectivity index (χ0n) is 22.2. The van der Waals surface area contributed by atoms with Crippen LogP contribution in [0, 0.1) is 28.6 Å². The molecule has 6 atom stereocenters. The van der Waals surface area contributed by atoms with Crippen LogP contribution in [0.5, 0.6) is 0 Å². The molecule has 2 aromatic carbocycles. The number of rotatable bonds is 4. The summed E-state index contributed by atoms with van der Waals surface area (Å²) < 4.78 is 0. The molecule has 1 saturated heterocycles. The van der Waals surface area contributed by atoms with E-state index in [1.54, 1.807) is 0 Å². The van der Waals surface area contributed by atoms with Crippen molar-refractivity contribution in [1.29, 1.82) is 0 Å². The van der Waals surface area contributed by atoms with E-state index in [1.807, 2.05) is 0 Å². The first kappa shape index (κ1) is 24.6. The van der Waals surface area contributed by atoms with Gasteiger partial charge in [0.25, 0.3) is 0 Å². The van der Waals surface area contributed by atoms with Gasteiger partial charge in [0.2, 0.25) is 5.91 Å². The standard InChI is InChI=1S/C32H44N2O/c1-23-18-32(26-13-9-6-10-14-26)20-25(27(23)17-24-11-7-5-8-12-24)19-31(4,21-32)29(35)34-16-15-28(33)30(2,3)22-34/h5-14,23,25,27-28H,15-22,33H2,1-4H3. The summed E-state index contributed by atoms with van der Waals surface area (Å²) in [5.41, 5.74) is 9.03. The molecule has 2 aromatic rings. The first-order valence-electron chi connectivity index (χ1n) is 13.8. The monoisotopic (exact) mass is 472 g/mol. The molecule has 2 N–H and O–H groups in total. The number of benzene rings is 2. The van der Waals surface area contributed by atoms with Gasteiger partial charge in [-0.1, -0.05) is 88.4 Å². The molecule has 3 fully saturated rings. The third-order valence-electron chi connectivity index (χ3n) is 9.96. The van der Waals surface area contributed by atoms with Crippen LogP contribution in [0.4, 0.5) is 0 Å². The normalized spacial score (nSPS) is 36.5. The molecule has 0 aromatic heterocycles. The maximum atomic E-state index is 14.3. The van der Waals surface area contributed by atoms with Gasteiger partial charge >= 0.3 is 0 Å². The van der Waals surface area contributed by atoms with Crippen LogP contribution in [0.3, 0.4) is 0 Å². The Morgan fingerprint density at radius 2 is 1.63 bits per heavy atom. The third kappa shape index (κ3) is 4.57. The van der Waals surface area contributed by atoms with E-state index in [9.17, 15) is 4.79 Å². The minimum absolute atomic E-state index is 0.0315. The van der Waals surface area contributed by atoms with Crippen molar-refractivity contribution in [3.8, 4) is 0 Å². The lowest BCUT2D eigenvalue weighted by Crippen LogP contribution is -2.59. The number of nitrogens with zero attached hydrogens (tertiary/aromatic N) is 1. The minimum atomic E-state index is -0.328. The second-order valence-electron chi connectivity index (χ2n) is 13.2. The lowest BCUT2D eigenvalue weighted by molar-refractivity contribution is -0.153. The first-order chi connectivity index (χ1) is 16.6. The summed E-state index contributed by atoms with van der Waals surface area (Å²) in [4.78, 5) is 16.5. The van der Waals surface area contributed by atoms with E-state index in [1.165, 1.54) is 24.0 Å². The average molecular weight is 473 g/mol. The number of amides is 1. The quantitative estimate of drug-likeness (QED) is 0.574. The minimum Gasteiger partial charge on any atom is -0.342 e. The van der Waals surface area contributed by atoms with E-state index in [2.05, 4.69) is 93.3 Å². The van der Waals surface area contributed by atoms with Crippen LogP contribution in [-0.2, 0) is 16.6 Å². The molecule has 6 unspecified atom stereocenters. The maximum absolute atomic E-state index is 14.3. The Kier molecular flexibility index (Phi) is 6.36. The van der Waals surface area contributed by atoms with Crippen LogP contribution < -0.4 is 5.73 Å². The summed E-state index contributed by atoms with van der Waals surface area (Å²) in [7, 11) is 0. The Morgan fingerprint density at radius 1 is 0.971 bits per heavy atom. The molecule has 3 nitrogen and oxygen atoms in total. The molecule has 3 heteroatoms. The number of likely N-dealkylation sites (tertiary alicyclic amines) is 1. The van der Waals surface area contributed by atoms with Crippen LogP contribution in [0.25, 0.3) is 0 Å². The van der Waals surface area contributed by atoms with Crippen molar-refractivity contribution in [3.05, 3.63) is 71.8 Å². The first-order valence-corrected chi connectivity index (χ1v) is 13.8. The summed E-state index contributed by atoms with van der Waals surface area (Å²) in [6.45, 7) is 10.8. The molecule has 3 aliphatic rings. The zero-order chi connectivity index (χ0) is 24.8. The van der Waals surface area contributed by atoms with Crippen molar-refractivity contribution in [2.45, 2.75) is 77.7 Å². The zero-order valence-corrected chi connectivity index (χ0v) is 22.2. The lowest BCUT2D eigenvalue weighted by Gasteiger charge is -2.58. The van der Waals surface area contributed by atoms with Crippen molar-refractivity contribution >= 4 is 5.91 Å². The fraction of sp³-hybridized carbons (Fsp3) is 0.594. The molecular formula is C32H44N2O. The Labute approximate surface area is 212 Å². The largest absolute Gasteiger partial charge is 0.342 e. The van der Waals surface area contributed by atoms with Crippen LogP contribution in [-0.4, -0.2) is 29.9 Å². The number of fused-ring (bicyclic) bond motifs is 2. The van der Waals surface area contributed by atoms with Gasteiger partial charge in [-0.3, -0.25) is 4.79 Å². The van der Waals surface area contributed by atoms with Crippen molar-refractivity contribution in [2.75, 3.05) is 13.1 Å². The van der Waals surface area contributed by atoms with Gasteiger partial charge in [-0.2, -0.15) is 0 Å². The molecule has 5 rings (SSSR count). The van der Waals surface area contributed by atoms with E-state index in [4.69, 9.17) is 5.73 Å². The second-order valence-corrected chi connectivity index (χ2v) is 13.2. The topological polar surface area (TPSA) is 46.3 Å². The van der Waals surface area contributed by atoms with Crippen LogP contribution in [0.2, 0.25) is 0 Å².